The second-order valence-corrected chi connectivity index (χ2v) is 15.0. The van der Waals surface area contributed by atoms with Gasteiger partial charge in [-0.15, -0.1) is 5.10 Å². The molecular formula is C39H59N11O15S. The summed E-state index contributed by atoms with van der Waals surface area (Å²) in [4.78, 5) is 97.5. The van der Waals surface area contributed by atoms with Crippen LogP contribution in [-0.2, 0) is 78.7 Å². The number of hydrogen-bond acceptors (Lipinski definition) is 16. The summed E-state index contributed by atoms with van der Waals surface area (Å²) in [5, 5.41) is 37.4. The van der Waals surface area contributed by atoms with E-state index in [1.54, 1.807) is 12.1 Å². The van der Waals surface area contributed by atoms with Crippen molar-refractivity contribution >= 4 is 64.5 Å². The highest BCUT2D eigenvalue weighted by molar-refractivity contribution is 7.81. The van der Waals surface area contributed by atoms with E-state index in [1.807, 2.05) is 4.72 Å². The van der Waals surface area contributed by atoms with E-state index in [4.69, 9.17) is 24.7 Å². The van der Waals surface area contributed by atoms with Gasteiger partial charge in [0, 0.05) is 44.5 Å². The van der Waals surface area contributed by atoms with Gasteiger partial charge in [0.15, 0.2) is 11.2 Å². The summed E-state index contributed by atoms with van der Waals surface area (Å²) >= 11 is -1.97. The van der Waals surface area contributed by atoms with E-state index in [0.29, 0.717) is 11.1 Å². The van der Waals surface area contributed by atoms with Crippen LogP contribution in [0, 0.1) is 0 Å². The lowest BCUT2D eigenvalue weighted by atomic mass is 10.1. The van der Waals surface area contributed by atoms with Crippen molar-refractivity contribution in [3.8, 4) is 0 Å². The number of methoxy groups -OCH3 is 1. The Morgan fingerprint density at radius 2 is 1.67 bits per heavy atom. The summed E-state index contributed by atoms with van der Waals surface area (Å²) in [6, 6.07) is 1.72. The van der Waals surface area contributed by atoms with Crippen LogP contribution in [0.15, 0.2) is 36.5 Å². The number of carbonyl (C=O) groups excluding carboxylic acids is 7. The molecule has 2 aromatic rings. The lowest BCUT2D eigenvalue weighted by Crippen LogP contribution is -2.47. The number of nitrogens with zero attached hydrogens (tertiary/aromatic N) is 4. The first-order valence-electron chi connectivity index (χ1n) is 20.6. The van der Waals surface area contributed by atoms with Gasteiger partial charge >= 0.3 is 18.1 Å². The van der Waals surface area contributed by atoms with Crippen LogP contribution in [0.25, 0.3) is 0 Å². The van der Waals surface area contributed by atoms with Crippen LogP contribution in [0.2, 0.25) is 0 Å². The summed E-state index contributed by atoms with van der Waals surface area (Å²) in [5.41, 5.74) is 6.59. The first-order valence-corrected chi connectivity index (χ1v) is 21.8. The molecular weight excluding hydrogens is 895 g/mol. The number of nitrogens with one attached hydrogen (secondary N) is 6. The Bertz CT molecular complexity index is 1970. The van der Waals surface area contributed by atoms with Crippen molar-refractivity contribution in [2.24, 2.45) is 5.73 Å². The van der Waals surface area contributed by atoms with Gasteiger partial charge in [-0.1, -0.05) is 31.5 Å². The van der Waals surface area contributed by atoms with Crippen LogP contribution < -0.4 is 36.4 Å². The number of aromatic nitrogens is 3. The normalized spacial score (nSPS) is 13.2. The molecule has 26 nitrogen and oxygen atoms in total. The van der Waals surface area contributed by atoms with E-state index >= 15 is 0 Å². The molecule has 1 aromatic carbocycles. The number of carboxylic acid groups (broad SMARTS) is 1. The Hall–Kier alpha value is -6.39. The molecule has 0 saturated carbocycles. The summed E-state index contributed by atoms with van der Waals surface area (Å²) < 4.78 is 38.5. The zero-order chi connectivity index (χ0) is 48.9. The third-order valence-electron chi connectivity index (χ3n) is 8.52. The Morgan fingerprint density at radius 3 is 2.33 bits per heavy atom. The number of benzene rings is 1. The van der Waals surface area contributed by atoms with Crippen molar-refractivity contribution in [3.63, 3.8) is 0 Å². The fourth-order valence-corrected chi connectivity index (χ4v) is 5.95. The van der Waals surface area contributed by atoms with Gasteiger partial charge in [0.1, 0.15) is 18.3 Å². The average molecular weight is 954 g/mol. The molecule has 3 unspecified atom stereocenters. The van der Waals surface area contributed by atoms with E-state index in [-0.39, 0.29) is 89.9 Å². The quantitative estimate of drug-likeness (QED) is 0.0327. The number of hydrogen-bond donors (Lipinski definition) is 9. The number of aliphatic hydroxyl groups is 1. The van der Waals surface area contributed by atoms with Gasteiger partial charge in [-0.2, -0.15) is 0 Å². The molecule has 3 rings (SSSR count). The zero-order valence-electron chi connectivity index (χ0n) is 36.9. The van der Waals surface area contributed by atoms with Crippen LogP contribution in [0.1, 0.15) is 68.8 Å². The first kappa shape index (κ1) is 55.7. The molecule has 10 N–H and O–H groups in total. The zero-order valence-corrected chi connectivity index (χ0v) is 37.7. The number of aliphatic carboxylic acids is 1. The molecule has 0 bridgehead atoms. The molecule has 0 radical (unpaired) electrons. The summed E-state index contributed by atoms with van der Waals surface area (Å²) in [5.74, 6) is -4.00. The predicted molar refractivity (Wildman–Crippen MR) is 232 cm³/mol. The molecule has 1 aromatic heterocycles. The van der Waals surface area contributed by atoms with Crippen LogP contribution >= 0.6 is 0 Å². The third kappa shape index (κ3) is 22.5. The fraction of sp³-hybridized carbons (Fsp3) is 0.538. The van der Waals surface area contributed by atoms with Crippen LogP contribution in [-0.4, -0.2) is 148 Å². The average Bonchev–Trinajstić information content (AvgIpc) is 3.87. The molecule has 1 aliphatic heterocycles. The highest BCUT2D eigenvalue weighted by Crippen LogP contribution is 2.19. The molecule has 2 heterocycles. The van der Waals surface area contributed by atoms with Gasteiger partial charge in [0.25, 0.3) is 11.8 Å². The predicted octanol–water partition coefficient (Wildman–Crippen LogP) is -1.22. The number of nitrogens with two attached hydrogens (primary N) is 1. The molecule has 0 saturated heterocycles. The van der Waals surface area contributed by atoms with Gasteiger partial charge in [0.05, 0.1) is 71.4 Å². The van der Waals surface area contributed by atoms with E-state index in [0.717, 1.165) is 17.1 Å². The van der Waals surface area contributed by atoms with Crippen LogP contribution in [0.5, 0.6) is 0 Å². The number of carboxylic acids is 1. The Kier molecular flexibility index (Phi) is 26.6. The third-order valence-corrected chi connectivity index (χ3v) is 9.33. The SMILES string of the molecule is CCC.COCCNS(=O)NC(=O)OCC(CC(=O)O)n1cc(COCc2cc(NC(=O)C(CCCNC(N)=O)NC(=O)CNC(=O)CCOCCN3C(=O)C=CC3=O)ccc2CO)nn1. The highest BCUT2D eigenvalue weighted by Gasteiger charge is 2.24. The molecule has 8 amide bonds. The molecule has 0 aliphatic carbocycles. The maximum absolute atomic E-state index is 13.4. The molecule has 0 spiro atoms. The maximum Gasteiger partial charge on any atom is 0.420 e. The van der Waals surface area contributed by atoms with Crippen LogP contribution in [0.4, 0.5) is 15.3 Å². The monoisotopic (exact) mass is 953 g/mol. The Morgan fingerprint density at radius 1 is 0.939 bits per heavy atom. The second kappa shape index (κ2) is 31.5. The second-order valence-electron chi connectivity index (χ2n) is 14.0. The first-order chi connectivity index (χ1) is 31.6. The summed E-state index contributed by atoms with van der Waals surface area (Å²) in [6.45, 7) is 3.22. The molecule has 0 fully saturated rings. The van der Waals surface area contributed by atoms with Crippen molar-refractivity contribution in [2.45, 2.75) is 77.9 Å². The largest absolute Gasteiger partial charge is 0.481 e. The number of urea groups is 1. The number of rotatable bonds is 30. The fourth-order valence-electron chi connectivity index (χ4n) is 5.40. The summed E-state index contributed by atoms with van der Waals surface area (Å²) in [6.07, 6.45) is 3.53. The number of carbonyl (C=O) groups is 8. The molecule has 3 atom stereocenters. The number of anilines is 1. The van der Waals surface area contributed by atoms with E-state index < -0.39 is 90.5 Å². The number of amides is 8. The number of imide groups is 1. The van der Waals surface area contributed by atoms with E-state index in [1.165, 1.54) is 30.5 Å². The Labute approximate surface area is 382 Å². The highest BCUT2D eigenvalue weighted by atomic mass is 32.2. The van der Waals surface area contributed by atoms with Crippen molar-refractivity contribution < 1.29 is 71.7 Å². The van der Waals surface area contributed by atoms with Crippen molar-refractivity contribution in [1.29, 1.82) is 0 Å². The smallest absolute Gasteiger partial charge is 0.420 e. The van der Waals surface area contributed by atoms with E-state index in [2.05, 4.69) is 50.1 Å². The van der Waals surface area contributed by atoms with Crippen LogP contribution in [0.3, 0.4) is 0 Å². The van der Waals surface area contributed by atoms with Crippen molar-refractivity contribution in [1.82, 2.24) is 45.3 Å². The number of aliphatic hydroxyl groups excluding tert-OH is 1. The molecule has 27 heteroatoms. The van der Waals surface area contributed by atoms with Gasteiger partial charge in [-0.25, -0.2) is 27.9 Å². The number of primary amides is 1. The van der Waals surface area contributed by atoms with Gasteiger partial charge in [-0.3, -0.25) is 33.7 Å². The summed E-state index contributed by atoms with van der Waals surface area (Å²) in [7, 11) is 1.45. The maximum atomic E-state index is 13.4. The Balaban J connectivity index is 0.00000485. The van der Waals surface area contributed by atoms with Crippen molar-refractivity contribution in [2.75, 3.05) is 65.0 Å². The van der Waals surface area contributed by atoms with Crippen molar-refractivity contribution in [3.05, 3.63) is 53.4 Å². The van der Waals surface area contributed by atoms with E-state index in [9.17, 15) is 52.8 Å². The molecule has 1 aliphatic rings. The lowest BCUT2D eigenvalue weighted by Gasteiger charge is -2.19. The standard InChI is InChI=1S/C36H51N11O15S.C3H8/c1-59-13-10-40-63(58)44-36(57)62-22-27(16-33(53)54)47-18-26(43-45-47)21-61-20-24-15-25(5-4-23(24)19-48)41-34(55)28(3-2-9-38-35(37)56)42-30(50)17-39-29(49)8-12-60-14-11-46-31(51)6-7-32(46)52;1-3-2/h4-7,15,18,27-28,40,48H,2-3,8-14,16-17,19-22H2,1H3,(H,39,49)(H,41,55)(H,42,50)(H,44,57)(H,53,54)(H3,37,38,56);3H2,1-2H3. The topological polar surface area (TPSA) is 363 Å². The minimum Gasteiger partial charge on any atom is -0.481 e. The molecule has 66 heavy (non-hydrogen) atoms. The lowest BCUT2D eigenvalue weighted by molar-refractivity contribution is -0.139. The van der Waals surface area contributed by atoms with Gasteiger partial charge in [0.2, 0.25) is 17.7 Å². The number of ether oxygens (including phenoxy) is 4. The molecule has 366 valence electrons. The van der Waals surface area contributed by atoms with Gasteiger partial charge in [-0.05, 0) is 36.1 Å². The minimum absolute atomic E-state index is 0.0113. The van der Waals surface area contributed by atoms with Gasteiger partial charge < -0.3 is 56.2 Å². The minimum atomic E-state index is -1.97.